The minimum absolute atomic E-state index is 0.144. The largest absolute Gasteiger partial charge is 0.493 e. The summed E-state index contributed by atoms with van der Waals surface area (Å²) < 4.78 is 16.5. The van der Waals surface area contributed by atoms with E-state index in [1.165, 1.54) is 0 Å². The molecular weight excluding hydrogens is 392 g/mol. The smallest absolute Gasteiger partial charge is 0.262 e. The number of halogens is 1. The zero-order chi connectivity index (χ0) is 20.6. The molecule has 0 radical (unpaired) electrons. The van der Waals surface area contributed by atoms with Crippen LogP contribution in [0.1, 0.15) is 12.5 Å². The molecule has 1 heterocycles. The van der Waals surface area contributed by atoms with Crippen molar-refractivity contribution in [2.75, 3.05) is 50.2 Å². The molecule has 29 heavy (non-hydrogen) atoms. The number of ether oxygens (including phenoxy) is 3. The van der Waals surface area contributed by atoms with E-state index >= 15 is 0 Å². The molecule has 0 spiro atoms. The molecule has 1 aliphatic heterocycles. The average Bonchev–Trinajstić information content (AvgIpc) is 2.73. The highest BCUT2D eigenvalue weighted by atomic mass is 35.5. The number of nitrogens with one attached hydrogen (secondary N) is 1. The number of benzene rings is 2. The summed E-state index contributed by atoms with van der Waals surface area (Å²) >= 11 is 6.14. The third-order valence-corrected chi connectivity index (χ3v) is 4.73. The first-order valence-electron chi connectivity index (χ1n) is 9.46. The zero-order valence-electron chi connectivity index (χ0n) is 16.6. The van der Waals surface area contributed by atoms with Crippen molar-refractivity contribution in [1.82, 2.24) is 0 Å². The Morgan fingerprint density at radius 3 is 2.72 bits per heavy atom. The topological polar surface area (TPSA) is 60.0 Å². The van der Waals surface area contributed by atoms with Crippen molar-refractivity contribution >= 4 is 35.0 Å². The number of anilines is 2. The summed E-state index contributed by atoms with van der Waals surface area (Å²) in [7, 11) is 1.57. The molecule has 0 atom stereocenters. The predicted molar refractivity (Wildman–Crippen MR) is 116 cm³/mol. The van der Waals surface area contributed by atoms with Gasteiger partial charge in [0.15, 0.2) is 18.1 Å². The molecule has 7 heteroatoms. The molecule has 0 aromatic heterocycles. The Balaban J connectivity index is 1.67. The molecule has 0 bridgehead atoms. The van der Waals surface area contributed by atoms with Crippen LogP contribution in [-0.2, 0) is 9.53 Å². The first kappa shape index (κ1) is 21.0. The quantitative estimate of drug-likeness (QED) is 0.731. The van der Waals surface area contributed by atoms with Gasteiger partial charge in [0.05, 0.1) is 31.7 Å². The standard InChI is InChI=1S/C22H25ClN2O4/c1-3-4-16-5-8-20(21(13-16)27-2)29-15-22(26)24-18-14-17(23)6-7-19(18)25-9-11-28-12-10-25/h3-8,13-14H,9-12,15H2,1-2H3,(H,24,26)/b4-3+. The fraction of sp³-hybridized carbons (Fsp3) is 0.318. The predicted octanol–water partition coefficient (Wildman–Crippen LogP) is 4.24. The van der Waals surface area contributed by atoms with E-state index in [4.69, 9.17) is 25.8 Å². The maximum Gasteiger partial charge on any atom is 0.262 e. The third-order valence-electron chi connectivity index (χ3n) is 4.49. The van der Waals surface area contributed by atoms with E-state index in [1.54, 1.807) is 19.2 Å². The van der Waals surface area contributed by atoms with E-state index in [2.05, 4.69) is 10.2 Å². The van der Waals surface area contributed by atoms with E-state index in [1.807, 2.05) is 43.3 Å². The lowest BCUT2D eigenvalue weighted by molar-refractivity contribution is -0.118. The number of rotatable bonds is 7. The first-order valence-corrected chi connectivity index (χ1v) is 9.84. The fourth-order valence-corrected chi connectivity index (χ4v) is 3.29. The molecule has 0 aliphatic carbocycles. The van der Waals surface area contributed by atoms with Gasteiger partial charge in [-0.25, -0.2) is 0 Å². The lowest BCUT2D eigenvalue weighted by Crippen LogP contribution is -2.37. The van der Waals surface area contributed by atoms with Crippen LogP contribution in [0.4, 0.5) is 11.4 Å². The molecule has 1 aliphatic rings. The average molecular weight is 417 g/mol. The van der Waals surface area contributed by atoms with E-state index in [-0.39, 0.29) is 12.5 Å². The molecular formula is C22H25ClN2O4. The maximum atomic E-state index is 12.5. The Bertz CT molecular complexity index is 879. The lowest BCUT2D eigenvalue weighted by Gasteiger charge is -2.30. The van der Waals surface area contributed by atoms with Crippen LogP contribution >= 0.6 is 11.6 Å². The van der Waals surface area contributed by atoms with Gasteiger partial charge in [-0.15, -0.1) is 0 Å². The minimum Gasteiger partial charge on any atom is -0.493 e. The molecule has 2 aromatic rings. The highest BCUT2D eigenvalue weighted by Crippen LogP contribution is 2.31. The summed E-state index contributed by atoms with van der Waals surface area (Å²) in [5.41, 5.74) is 2.57. The number of amides is 1. The first-order chi connectivity index (χ1) is 14.1. The zero-order valence-corrected chi connectivity index (χ0v) is 17.4. The molecule has 1 N–H and O–H groups in total. The van der Waals surface area contributed by atoms with Gasteiger partial charge in [-0.2, -0.15) is 0 Å². The van der Waals surface area contributed by atoms with Gasteiger partial charge in [-0.05, 0) is 42.8 Å². The molecule has 3 rings (SSSR count). The second kappa shape index (κ2) is 10.2. The lowest BCUT2D eigenvalue weighted by atomic mass is 10.2. The summed E-state index contributed by atoms with van der Waals surface area (Å²) in [4.78, 5) is 14.7. The van der Waals surface area contributed by atoms with Crippen LogP contribution in [0.2, 0.25) is 5.02 Å². The number of carbonyl (C=O) groups excluding carboxylic acids is 1. The van der Waals surface area contributed by atoms with Crippen LogP contribution in [-0.4, -0.2) is 45.9 Å². The molecule has 0 saturated carbocycles. The molecule has 154 valence electrons. The van der Waals surface area contributed by atoms with Crippen molar-refractivity contribution < 1.29 is 19.0 Å². The van der Waals surface area contributed by atoms with Gasteiger partial charge in [0.1, 0.15) is 0 Å². The van der Waals surface area contributed by atoms with Gasteiger partial charge < -0.3 is 24.4 Å². The second-order valence-electron chi connectivity index (χ2n) is 6.51. The number of hydrogen-bond acceptors (Lipinski definition) is 5. The summed E-state index contributed by atoms with van der Waals surface area (Å²) in [5.74, 6) is 0.807. The Labute approximate surface area is 176 Å². The second-order valence-corrected chi connectivity index (χ2v) is 6.94. The molecule has 1 fully saturated rings. The number of hydrogen-bond donors (Lipinski definition) is 1. The van der Waals surface area contributed by atoms with Crippen LogP contribution in [0.5, 0.6) is 11.5 Å². The molecule has 1 amide bonds. The van der Waals surface area contributed by atoms with E-state index in [9.17, 15) is 4.79 Å². The summed E-state index contributed by atoms with van der Waals surface area (Å²) in [6.45, 7) is 4.63. The SMILES string of the molecule is C/C=C/c1ccc(OCC(=O)Nc2cc(Cl)ccc2N2CCOCC2)c(OC)c1. The van der Waals surface area contributed by atoms with Crippen LogP contribution < -0.4 is 19.7 Å². The van der Waals surface area contributed by atoms with Gasteiger partial charge in [0.25, 0.3) is 5.91 Å². The summed E-state index contributed by atoms with van der Waals surface area (Å²) in [5, 5.41) is 3.46. The molecule has 6 nitrogen and oxygen atoms in total. The molecule has 0 unspecified atom stereocenters. The van der Waals surface area contributed by atoms with Gasteiger partial charge in [-0.1, -0.05) is 29.8 Å². The molecule has 1 saturated heterocycles. The highest BCUT2D eigenvalue weighted by Gasteiger charge is 2.17. The number of carbonyl (C=O) groups is 1. The van der Waals surface area contributed by atoms with Crippen molar-refractivity contribution in [2.45, 2.75) is 6.92 Å². The maximum absolute atomic E-state index is 12.5. The van der Waals surface area contributed by atoms with Gasteiger partial charge in [0, 0.05) is 18.1 Å². The van der Waals surface area contributed by atoms with Crippen molar-refractivity contribution in [1.29, 1.82) is 0 Å². The van der Waals surface area contributed by atoms with E-state index < -0.39 is 0 Å². The van der Waals surface area contributed by atoms with E-state index in [0.717, 1.165) is 24.3 Å². The Hall–Kier alpha value is -2.70. The van der Waals surface area contributed by atoms with E-state index in [0.29, 0.717) is 35.4 Å². The van der Waals surface area contributed by atoms with Crippen LogP contribution in [0, 0.1) is 0 Å². The van der Waals surface area contributed by atoms with Crippen molar-refractivity contribution in [3.63, 3.8) is 0 Å². The summed E-state index contributed by atoms with van der Waals surface area (Å²) in [6.07, 6.45) is 3.91. The number of morpholine rings is 1. The number of methoxy groups -OCH3 is 1. The third kappa shape index (κ3) is 5.65. The number of nitrogens with zero attached hydrogens (tertiary/aromatic N) is 1. The Kier molecular flexibility index (Phi) is 7.38. The summed E-state index contributed by atoms with van der Waals surface area (Å²) in [6, 6.07) is 11.0. The minimum atomic E-state index is -0.277. The normalized spacial score (nSPS) is 14.1. The fourth-order valence-electron chi connectivity index (χ4n) is 3.12. The Morgan fingerprint density at radius 1 is 1.21 bits per heavy atom. The highest BCUT2D eigenvalue weighted by molar-refractivity contribution is 6.31. The van der Waals surface area contributed by atoms with Crippen LogP contribution in [0.25, 0.3) is 6.08 Å². The monoisotopic (exact) mass is 416 g/mol. The van der Waals surface area contributed by atoms with Gasteiger partial charge in [0.2, 0.25) is 0 Å². The Morgan fingerprint density at radius 2 is 2.00 bits per heavy atom. The van der Waals surface area contributed by atoms with Crippen molar-refractivity contribution in [3.8, 4) is 11.5 Å². The van der Waals surface area contributed by atoms with Crippen LogP contribution in [0.3, 0.4) is 0 Å². The van der Waals surface area contributed by atoms with Gasteiger partial charge >= 0.3 is 0 Å². The molecule has 2 aromatic carbocycles. The van der Waals surface area contributed by atoms with Gasteiger partial charge in [-0.3, -0.25) is 4.79 Å². The van der Waals surface area contributed by atoms with Crippen molar-refractivity contribution in [2.24, 2.45) is 0 Å². The van der Waals surface area contributed by atoms with Crippen LogP contribution in [0.15, 0.2) is 42.5 Å². The number of allylic oxidation sites excluding steroid dienone is 1. The van der Waals surface area contributed by atoms with Crippen molar-refractivity contribution in [3.05, 3.63) is 53.1 Å².